The van der Waals surface area contributed by atoms with Gasteiger partial charge in [0.1, 0.15) is 5.78 Å². The molecule has 0 heterocycles. The monoisotopic (exact) mass is 169 g/mol. The zero-order valence-electron chi connectivity index (χ0n) is 8.48. The first-order valence-electron chi connectivity index (χ1n) is 4.16. The van der Waals surface area contributed by atoms with Crippen molar-refractivity contribution < 1.29 is 4.79 Å². The van der Waals surface area contributed by atoms with Gasteiger partial charge in [-0.25, -0.2) is 0 Å². The molecule has 0 aliphatic heterocycles. The van der Waals surface area contributed by atoms with E-state index in [-0.39, 0.29) is 5.78 Å². The minimum Gasteiger partial charge on any atom is -0.325 e. The lowest BCUT2D eigenvalue weighted by atomic mass is 9.71. The van der Waals surface area contributed by atoms with Gasteiger partial charge in [-0.3, -0.25) is 4.79 Å². The van der Waals surface area contributed by atoms with Gasteiger partial charge in [0.05, 0.1) is 0 Å². The average molecular weight is 169 g/mol. The number of carbonyl (C=O) groups is 1. The Labute approximate surface area is 74.8 Å². The summed E-state index contributed by atoms with van der Waals surface area (Å²) in [7, 11) is 0. The van der Waals surface area contributed by atoms with Gasteiger partial charge in [0.2, 0.25) is 0 Å². The third kappa shape index (κ3) is 2.18. The van der Waals surface area contributed by atoms with Crippen LogP contribution in [0.15, 0.2) is 12.7 Å². The van der Waals surface area contributed by atoms with Crippen LogP contribution < -0.4 is 5.73 Å². The second-order valence-electron chi connectivity index (χ2n) is 4.26. The topological polar surface area (TPSA) is 43.1 Å². The third-order valence-corrected chi connectivity index (χ3v) is 2.64. The van der Waals surface area contributed by atoms with Gasteiger partial charge in [-0.1, -0.05) is 19.9 Å². The molecule has 0 aliphatic carbocycles. The molecule has 0 amide bonds. The van der Waals surface area contributed by atoms with E-state index >= 15 is 0 Å². The van der Waals surface area contributed by atoms with E-state index in [9.17, 15) is 4.79 Å². The first-order chi connectivity index (χ1) is 5.23. The summed E-state index contributed by atoms with van der Waals surface area (Å²) in [5.41, 5.74) is 4.93. The normalized spacial score (nSPS) is 12.8. The van der Waals surface area contributed by atoms with E-state index in [1.807, 2.05) is 27.7 Å². The molecule has 0 rings (SSSR count). The molecule has 0 spiro atoms. The Morgan fingerprint density at radius 1 is 1.42 bits per heavy atom. The zero-order chi connectivity index (χ0) is 9.99. The van der Waals surface area contributed by atoms with Gasteiger partial charge < -0.3 is 5.73 Å². The van der Waals surface area contributed by atoms with E-state index in [2.05, 4.69) is 6.58 Å². The van der Waals surface area contributed by atoms with Crippen LogP contribution in [0.4, 0.5) is 0 Å². The number of allylic oxidation sites excluding steroid dienone is 1. The molecule has 12 heavy (non-hydrogen) atoms. The molecular weight excluding hydrogens is 150 g/mol. The smallest absolute Gasteiger partial charge is 0.144 e. The lowest BCUT2D eigenvalue weighted by Gasteiger charge is -2.36. The molecule has 0 aromatic rings. The summed E-state index contributed by atoms with van der Waals surface area (Å²) in [4.78, 5) is 11.6. The fourth-order valence-corrected chi connectivity index (χ4v) is 0.746. The summed E-state index contributed by atoms with van der Waals surface area (Å²) in [6.45, 7) is 11.0. The lowest BCUT2D eigenvalue weighted by Crippen LogP contribution is -2.51. The molecule has 0 unspecified atom stereocenters. The number of carbonyl (C=O) groups excluding carboxylic acids is 1. The zero-order valence-corrected chi connectivity index (χ0v) is 8.48. The van der Waals surface area contributed by atoms with Gasteiger partial charge in [-0.2, -0.15) is 0 Å². The Morgan fingerprint density at radius 2 is 1.83 bits per heavy atom. The van der Waals surface area contributed by atoms with Gasteiger partial charge in [0.15, 0.2) is 0 Å². The summed E-state index contributed by atoms with van der Waals surface area (Å²) in [6.07, 6.45) is 2.02. The van der Waals surface area contributed by atoms with Crippen LogP contribution in [0, 0.1) is 5.41 Å². The fourth-order valence-electron chi connectivity index (χ4n) is 0.746. The molecule has 0 aromatic carbocycles. The molecular formula is C10H19NO. The first kappa shape index (κ1) is 11.4. The van der Waals surface area contributed by atoms with E-state index in [1.165, 1.54) is 0 Å². The molecule has 0 aromatic heterocycles. The standard InChI is InChI=1S/C10H19NO/c1-6-7-8(12)9(2,3)10(4,5)11/h6H,1,7,11H2,2-5H3. The molecule has 0 aliphatic rings. The van der Waals surface area contributed by atoms with E-state index in [0.717, 1.165) is 0 Å². The Bertz CT molecular complexity index is 187. The van der Waals surface area contributed by atoms with Gasteiger partial charge >= 0.3 is 0 Å². The number of Topliss-reactive ketones (excluding diaryl/α,β-unsaturated/α-hetero) is 1. The van der Waals surface area contributed by atoms with Gasteiger partial charge in [-0.05, 0) is 13.8 Å². The number of hydrogen-bond donors (Lipinski definition) is 1. The Morgan fingerprint density at radius 3 is 2.08 bits per heavy atom. The Kier molecular flexibility index (Phi) is 3.22. The van der Waals surface area contributed by atoms with Crippen LogP contribution in [0.1, 0.15) is 34.1 Å². The van der Waals surface area contributed by atoms with Crippen molar-refractivity contribution in [1.82, 2.24) is 0 Å². The van der Waals surface area contributed by atoms with Gasteiger partial charge in [0, 0.05) is 17.4 Å². The number of ketones is 1. The highest BCUT2D eigenvalue weighted by Gasteiger charge is 2.38. The SMILES string of the molecule is C=CCC(=O)C(C)(C)C(C)(C)N. The van der Waals surface area contributed by atoms with E-state index < -0.39 is 11.0 Å². The quantitative estimate of drug-likeness (QED) is 0.653. The highest BCUT2D eigenvalue weighted by atomic mass is 16.1. The Balaban J connectivity index is 4.61. The van der Waals surface area contributed by atoms with Gasteiger partial charge in [-0.15, -0.1) is 6.58 Å². The largest absolute Gasteiger partial charge is 0.325 e. The number of rotatable bonds is 4. The highest BCUT2D eigenvalue weighted by Crippen LogP contribution is 2.30. The van der Waals surface area contributed by atoms with Crippen molar-refractivity contribution in [2.24, 2.45) is 11.1 Å². The summed E-state index contributed by atoms with van der Waals surface area (Å²) in [6, 6.07) is 0. The predicted octanol–water partition coefficient (Wildman–Crippen LogP) is 1.90. The van der Waals surface area contributed by atoms with Crippen molar-refractivity contribution in [3.63, 3.8) is 0 Å². The van der Waals surface area contributed by atoms with Crippen molar-refractivity contribution in [3.05, 3.63) is 12.7 Å². The molecule has 70 valence electrons. The Hall–Kier alpha value is -0.630. The van der Waals surface area contributed by atoms with E-state index in [1.54, 1.807) is 6.08 Å². The molecule has 0 fully saturated rings. The van der Waals surface area contributed by atoms with Crippen LogP contribution in [0.2, 0.25) is 0 Å². The van der Waals surface area contributed by atoms with Crippen molar-refractivity contribution >= 4 is 5.78 Å². The number of nitrogens with two attached hydrogens (primary N) is 1. The van der Waals surface area contributed by atoms with Crippen LogP contribution in [0.25, 0.3) is 0 Å². The molecule has 2 N–H and O–H groups in total. The van der Waals surface area contributed by atoms with Crippen molar-refractivity contribution in [3.8, 4) is 0 Å². The maximum Gasteiger partial charge on any atom is 0.144 e. The molecule has 0 saturated carbocycles. The molecule has 0 radical (unpaired) electrons. The molecule has 0 bridgehead atoms. The third-order valence-electron chi connectivity index (χ3n) is 2.64. The molecule has 0 atom stereocenters. The van der Waals surface area contributed by atoms with Crippen molar-refractivity contribution in [1.29, 1.82) is 0 Å². The summed E-state index contributed by atoms with van der Waals surface area (Å²) < 4.78 is 0. The maximum atomic E-state index is 11.6. The average Bonchev–Trinajstić information content (AvgIpc) is 1.85. The second kappa shape index (κ2) is 3.40. The second-order valence-corrected chi connectivity index (χ2v) is 4.26. The molecule has 0 saturated heterocycles. The van der Waals surface area contributed by atoms with Crippen LogP contribution in [-0.4, -0.2) is 11.3 Å². The van der Waals surface area contributed by atoms with E-state index in [0.29, 0.717) is 6.42 Å². The maximum absolute atomic E-state index is 11.6. The lowest BCUT2D eigenvalue weighted by molar-refractivity contribution is -0.129. The van der Waals surface area contributed by atoms with Crippen molar-refractivity contribution in [2.75, 3.05) is 0 Å². The minimum absolute atomic E-state index is 0.144. The van der Waals surface area contributed by atoms with E-state index in [4.69, 9.17) is 5.73 Å². The molecule has 2 nitrogen and oxygen atoms in total. The summed E-state index contributed by atoms with van der Waals surface area (Å²) in [5, 5.41) is 0. The van der Waals surface area contributed by atoms with Gasteiger partial charge in [0.25, 0.3) is 0 Å². The minimum atomic E-state index is -0.485. The first-order valence-corrected chi connectivity index (χ1v) is 4.16. The fraction of sp³-hybridized carbons (Fsp3) is 0.700. The van der Waals surface area contributed by atoms with Crippen LogP contribution >= 0.6 is 0 Å². The highest BCUT2D eigenvalue weighted by molar-refractivity contribution is 5.86. The van der Waals surface area contributed by atoms with Crippen molar-refractivity contribution in [2.45, 2.75) is 39.7 Å². The predicted molar refractivity (Wildman–Crippen MR) is 51.9 cm³/mol. The summed E-state index contributed by atoms with van der Waals surface area (Å²) in [5.74, 6) is 0.144. The van der Waals surface area contributed by atoms with Crippen LogP contribution in [0.3, 0.4) is 0 Å². The van der Waals surface area contributed by atoms with Crippen LogP contribution in [-0.2, 0) is 4.79 Å². The summed E-state index contributed by atoms with van der Waals surface area (Å²) >= 11 is 0. The number of hydrogen-bond acceptors (Lipinski definition) is 2. The molecule has 2 heteroatoms. The van der Waals surface area contributed by atoms with Crippen LogP contribution in [0.5, 0.6) is 0 Å².